The summed E-state index contributed by atoms with van der Waals surface area (Å²) in [5.41, 5.74) is 5.23. The van der Waals surface area contributed by atoms with Crippen LogP contribution in [-0.2, 0) is 20.8 Å². The van der Waals surface area contributed by atoms with Crippen LogP contribution >= 0.6 is 0 Å². The second-order valence-corrected chi connectivity index (χ2v) is 14.3. The van der Waals surface area contributed by atoms with Gasteiger partial charge in [0, 0.05) is 31.1 Å². The number of aliphatic hydroxyl groups is 1. The number of phenols is 1. The maximum Gasteiger partial charge on any atom is 0.455 e. The lowest BCUT2D eigenvalue weighted by Gasteiger charge is -2.43. The zero-order chi connectivity index (χ0) is 34.1. The van der Waals surface area contributed by atoms with Crippen LogP contribution in [0.2, 0.25) is 6.32 Å². The highest BCUT2D eigenvalue weighted by Gasteiger charge is 2.58. The molecule has 3 aromatic carbocycles. The minimum atomic E-state index is -1.05. The number of imide groups is 1. The molecular weight excluding hydrogens is 615 g/mol. The first-order valence-corrected chi connectivity index (χ1v) is 18.1. The number of fused-ring (bicyclic) bond motifs is 4. The summed E-state index contributed by atoms with van der Waals surface area (Å²) in [7, 11) is -1.05. The van der Waals surface area contributed by atoms with Crippen molar-refractivity contribution in [2.45, 2.75) is 76.9 Å². The molecule has 8 nitrogen and oxygen atoms in total. The van der Waals surface area contributed by atoms with Gasteiger partial charge in [-0.15, -0.1) is 0 Å². The van der Waals surface area contributed by atoms with Crippen LogP contribution < -0.4 is 0 Å². The Labute approximate surface area is 289 Å². The van der Waals surface area contributed by atoms with E-state index < -0.39 is 25.1 Å². The zero-order valence-electron chi connectivity index (χ0n) is 28.3. The second kappa shape index (κ2) is 14.6. The molecule has 3 heterocycles. The zero-order valence-corrected chi connectivity index (χ0v) is 28.3. The van der Waals surface area contributed by atoms with Gasteiger partial charge < -0.3 is 19.9 Å². The van der Waals surface area contributed by atoms with Crippen molar-refractivity contribution >= 4 is 35.8 Å². The molecule has 4 aliphatic rings. The van der Waals surface area contributed by atoms with Gasteiger partial charge in [0.25, 0.3) is 0 Å². The van der Waals surface area contributed by atoms with Crippen molar-refractivity contribution in [2.24, 2.45) is 17.8 Å². The normalized spacial score (nSPS) is 25.3. The van der Waals surface area contributed by atoms with Gasteiger partial charge in [0.15, 0.2) is 0 Å². The van der Waals surface area contributed by atoms with Crippen LogP contribution in [0.25, 0.3) is 16.8 Å². The molecule has 7 rings (SSSR count). The molecule has 0 radical (unpaired) electrons. The third-order valence-electron chi connectivity index (χ3n) is 11.3. The Kier molecular flexibility index (Phi) is 10.1. The van der Waals surface area contributed by atoms with E-state index >= 15 is 0 Å². The predicted molar refractivity (Wildman–Crippen MR) is 191 cm³/mol. The summed E-state index contributed by atoms with van der Waals surface area (Å²) < 4.78 is 6.18. The molecule has 0 aromatic heterocycles. The lowest BCUT2D eigenvalue weighted by molar-refractivity contribution is -0.144. The number of phenolic OH excluding ortho intramolecular Hbond substituents is 1. The van der Waals surface area contributed by atoms with Gasteiger partial charge in [0.1, 0.15) is 5.75 Å². The highest BCUT2D eigenvalue weighted by Crippen LogP contribution is 2.51. The number of aromatic hydroxyl groups is 1. The molecule has 0 saturated carbocycles. The average molecular weight is 663 g/mol. The third-order valence-corrected chi connectivity index (χ3v) is 11.3. The van der Waals surface area contributed by atoms with Crippen LogP contribution in [0, 0.1) is 17.8 Å². The maximum absolute atomic E-state index is 14.2. The fourth-order valence-corrected chi connectivity index (χ4v) is 9.03. The Morgan fingerprint density at radius 3 is 2.41 bits per heavy atom. The van der Waals surface area contributed by atoms with E-state index in [1.807, 2.05) is 48.5 Å². The standard InChI is InChI=1S/C40H47BN2O6/c1-2-8-26(21-28-14-15-35(45)32-12-7-6-11-31(28)32)13-16-36-37-29(25-44)22-33-38(34(37)23-41(48)49-36)40(47)43(39(33)46)30-17-19-42(20-18-30)24-27-9-4-3-5-10-27/h3-7,9-12,14-15,21,30,33-34,36,38,44-45,48H,2,8,13,16-20,22-25H2,1H3/b26-21+/t33-,34+,36-,38-/m1/s1. The molecule has 2 amide bonds. The van der Waals surface area contributed by atoms with Crippen molar-refractivity contribution in [3.8, 4) is 5.75 Å². The van der Waals surface area contributed by atoms with E-state index in [2.05, 4.69) is 30.0 Å². The van der Waals surface area contributed by atoms with E-state index in [4.69, 9.17) is 4.65 Å². The molecule has 0 spiro atoms. The highest BCUT2D eigenvalue weighted by molar-refractivity contribution is 6.43. The Morgan fingerprint density at radius 1 is 0.939 bits per heavy atom. The number of rotatable bonds is 10. The number of likely N-dealkylation sites (tertiary alicyclic amines) is 2. The molecule has 9 heteroatoms. The fraction of sp³-hybridized carbons (Fsp3) is 0.450. The van der Waals surface area contributed by atoms with Gasteiger partial charge in [-0.25, -0.2) is 0 Å². The molecule has 1 aliphatic carbocycles. The lowest BCUT2D eigenvalue weighted by atomic mass is 9.58. The smallest absolute Gasteiger partial charge is 0.455 e. The van der Waals surface area contributed by atoms with Crippen LogP contribution in [0.3, 0.4) is 0 Å². The fourth-order valence-electron chi connectivity index (χ4n) is 9.03. The van der Waals surface area contributed by atoms with Crippen molar-refractivity contribution in [2.75, 3.05) is 19.7 Å². The number of carbonyl (C=O) groups excluding carboxylic acids is 2. The first-order chi connectivity index (χ1) is 23.9. The molecular formula is C40H47BN2O6. The Bertz CT molecular complexity index is 1750. The number of piperidine rings is 1. The first kappa shape index (κ1) is 33.7. The molecule has 0 bridgehead atoms. The van der Waals surface area contributed by atoms with Gasteiger partial charge in [0.05, 0.1) is 24.5 Å². The first-order valence-electron chi connectivity index (χ1n) is 18.1. The van der Waals surface area contributed by atoms with Crippen LogP contribution in [0.5, 0.6) is 5.75 Å². The Morgan fingerprint density at radius 2 is 1.67 bits per heavy atom. The highest BCUT2D eigenvalue weighted by atomic mass is 16.5. The maximum atomic E-state index is 14.2. The van der Waals surface area contributed by atoms with E-state index in [-0.39, 0.29) is 42.5 Å². The number of benzene rings is 3. The summed E-state index contributed by atoms with van der Waals surface area (Å²) in [6.07, 6.45) is 7.00. The quantitative estimate of drug-likeness (QED) is 0.140. The van der Waals surface area contributed by atoms with Crippen LogP contribution in [0.1, 0.15) is 63.0 Å². The van der Waals surface area contributed by atoms with Gasteiger partial charge in [-0.3, -0.25) is 19.4 Å². The van der Waals surface area contributed by atoms with Crippen molar-refractivity contribution in [1.82, 2.24) is 9.80 Å². The number of hydrogen-bond donors (Lipinski definition) is 3. The molecule has 3 aromatic rings. The monoisotopic (exact) mass is 662 g/mol. The Balaban J connectivity index is 1.08. The van der Waals surface area contributed by atoms with E-state index in [1.54, 1.807) is 11.0 Å². The molecule has 3 fully saturated rings. The number of aliphatic hydroxyl groups excluding tert-OH is 1. The number of allylic oxidation sites excluding steroid dienone is 1. The summed E-state index contributed by atoms with van der Waals surface area (Å²) in [6.45, 7) is 4.46. The molecule has 0 unspecified atom stereocenters. The molecule has 3 N–H and O–H groups in total. The minimum Gasteiger partial charge on any atom is -0.507 e. The van der Waals surface area contributed by atoms with Crippen LogP contribution in [-0.4, -0.2) is 75.8 Å². The largest absolute Gasteiger partial charge is 0.507 e. The van der Waals surface area contributed by atoms with Gasteiger partial charge in [-0.1, -0.05) is 85.7 Å². The van der Waals surface area contributed by atoms with Gasteiger partial charge in [-0.05, 0) is 84.5 Å². The summed E-state index contributed by atoms with van der Waals surface area (Å²) in [5.74, 6) is -1.35. The minimum absolute atomic E-state index is 0.116. The summed E-state index contributed by atoms with van der Waals surface area (Å²) in [4.78, 5) is 32.1. The second-order valence-electron chi connectivity index (χ2n) is 14.3. The van der Waals surface area contributed by atoms with E-state index in [1.165, 1.54) is 11.1 Å². The number of nitrogens with zero attached hydrogens (tertiary/aromatic N) is 2. The number of amides is 2. The lowest BCUT2D eigenvalue weighted by Crippen LogP contribution is -2.48. The van der Waals surface area contributed by atoms with Crippen molar-refractivity contribution in [3.63, 3.8) is 0 Å². The summed E-state index contributed by atoms with van der Waals surface area (Å²) in [6, 6.07) is 21.7. The van der Waals surface area contributed by atoms with Crippen LogP contribution in [0.15, 0.2) is 83.4 Å². The van der Waals surface area contributed by atoms with E-state index in [0.717, 1.165) is 72.8 Å². The molecule has 4 atom stereocenters. The molecule has 3 saturated heterocycles. The van der Waals surface area contributed by atoms with Crippen molar-refractivity contribution in [3.05, 3.63) is 94.6 Å². The SMILES string of the molecule is CCC/C(=C\c1ccc(O)c2ccccc12)CC[C@H]1OB(O)C[C@H]2C1=C(CO)C[C@H]1C(=O)N(C3CCN(Cc4ccccc4)CC3)C(=O)[C@H]12. The predicted octanol–water partition coefficient (Wildman–Crippen LogP) is 5.96. The van der Waals surface area contributed by atoms with Gasteiger partial charge in [-0.2, -0.15) is 0 Å². The number of hydrogen-bond acceptors (Lipinski definition) is 7. The van der Waals surface area contributed by atoms with Gasteiger partial charge >= 0.3 is 7.12 Å². The van der Waals surface area contributed by atoms with Crippen molar-refractivity contribution < 1.29 is 29.5 Å². The molecule has 256 valence electrons. The summed E-state index contributed by atoms with van der Waals surface area (Å²) >= 11 is 0. The van der Waals surface area contributed by atoms with Crippen LogP contribution in [0.4, 0.5) is 0 Å². The van der Waals surface area contributed by atoms with Crippen molar-refractivity contribution in [1.29, 1.82) is 0 Å². The molecule has 3 aliphatic heterocycles. The van der Waals surface area contributed by atoms with E-state index in [0.29, 0.717) is 19.3 Å². The summed E-state index contributed by atoms with van der Waals surface area (Å²) in [5, 5.41) is 33.8. The molecule has 49 heavy (non-hydrogen) atoms. The van der Waals surface area contributed by atoms with Gasteiger partial charge in [0.2, 0.25) is 11.8 Å². The van der Waals surface area contributed by atoms with E-state index in [9.17, 15) is 24.8 Å². The Hall–Kier alpha value is -3.76. The third kappa shape index (κ3) is 6.74. The average Bonchev–Trinajstić information content (AvgIpc) is 3.37. The number of carbonyl (C=O) groups is 2. The topological polar surface area (TPSA) is 111 Å².